The van der Waals surface area contributed by atoms with E-state index >= 15 is 0 Å². The molecule has 0 saturated heterocycles. The number of rotatable bonds is 5. The van der Waals surface area contributed by atoms with E-state index in [-0.39, 0.29) is 11.9 Å². The number of nitrogens with two attached hydrogens (primary N) is 1. The summed E-state index contributed by atoms with van der Waals surface area (Å²) in [4.78, 5) is 13.8. The van der Waals surface area contributed by atoms with Gasteiger partial charge >= 0.3 is 0 Å². The van der Waals surface area contributed by atoms with Crippen molar-refractivity contribution in [2.75, 3.05) is 7.05 Å². The van der Waals surface area contributed by atoms with Crippen LogP contribution in [0.25, 0.3) is 0 Å². The van der Waals surface area contributed by atoms with E-state index in [1.54, 1.807) is 11.9 Å². The normalized spacial score (nSPS) is 14.1. The van der Waals surface area contributed by atoms with Crippen LogP contribution in [-0.2, 0) is 4.79 Å². The monoisotopic (exact) mass is 268 g/mol. The van der Waals surface area contributed by atoms with Gasteiger partial charge in [0.1, 0.15) is 0 Å². The van der Waals surface area contributed by atoms with Crippen LogP contribution in [-0.4, -0.2) is 23.9 Å². The third-order valence-corrected chi connectivity index (χ3v) is 3.41. The van der Waals surface area contributed by atoms with Gasteiger partial charge in [0.15, 0.2) is 0 Å². The maximum atomic E-state index is 12.1. The Labute approximate surface area is 114 Å². The quantitative estimate of drug-likeness (QED) is 0.892. The van der Waals surface area contributed by atoms with Gasteiger partial charge in [-0.05, 0) is 31.0 Å². The number of halogens is 1. The Bertz CT molecular complexity index is 409. The number of hydrogen-bond donors (Lipinski definition) is 1. The molecule has 1 unspecified atom stereocenters. The number of amides is 1. The number of nitrogens with zero attached hydrogens (tertiary/aromatic N) is 1. The third-order valence-electron chi connectivity index (χ3n) is 3.18. The molecule has 4 heteroatoms. The van der Waals surface area contributed by atoms with Gasteiger partial charge in [0, 0.05) is 12.1 Å². The molecule has 0 fully saturated rings. The van der Waals surface area contributed by atoms with Gasteiger partial charge in [-0.1, -0.05) is 37.1 Å². The first-order valence-corrected chi connectivity index (χ1v) is 6.62. The number of carbonyl (C=O) groups excluding carboxylic acids is 1. The zero-order valence-corrected chi connectivity index (χ0v) is 11.9. The molecule has 1 amide bonds. The van der Waals surface area contributed by atoms with Crippen molar-refractivity contribution in [2.45, 2.75) is 38.8 Å². The topological polar surface area (TPSA) is 46.3 Å². The van der Waals surface area contributed by atoms with Gasteiger partial charge in [0.25, 0.3) is 0 Å². The van der Waals surface area contributed by atoms with E-state index in [4.69, 9.17) is 17.3 Å². The van der Waals surface area contributed by atoms with Crippen molar-refractivity contribution in [1.82, 2.24) is 4.90 Å². The lowest BCUT2D eigenvalue weighted by Gasteiger charge is -2.28. The average Bonchev–Trinajstić information content (AvgIpc) is 2.36. The second-order valence-corrected chi connectivity index (χ2v) is 5.01. The highest BCUT2D eigenvalue weighted by Crippen LogP contribution is 2.22. The van der Waals surface area contributed by atoms with Crippen LogP contribution in [0, 0.1) is 0 Å². The molecule has 0 aliphatic heterocycles. The molecule has 2 N–H and O–H groups in total. The van der Waals surface area contributed by atoms with E-state index in [0.717, 1.165) is 12.0 Å². The second kappa shape index (κ2) is 6.76. The fourth-order valence-corrected chi connectivity index (χ4v) is 2.08. The molecule has 2 atom stereocenters. The first kappa shape index (κ1) is 15.0. The molecule has 0 bridgehead atoms. The van der Waals surface area contributed by atoms with Gasteiger partial charge in [0.05, 0.1) is 12.1 Å². The molecule has 1 rings (SSSR count). The highest BCUT2D eigenvalue weighted by atomic mass is 35.5. The Morgan fingerprint density at radius 3 is 2.72 bits per heavy atom. The Balaban J connectivity index is 2.77. The summed E-state index contributed by atoms with van der Waals surface area (Å²) in [7, 11) is 1.78. The average molecular weight is 269 g/mol. The van der Waals surface area contributed by atoms with Crippen molar-refractivity contribution >= 4 is 17.5 Å². The van der Waals surface area contributed by atoms with Gasteiger partial charge in [-0.3, -0.25) is 4.79 Å². The smallest absolute Gasteiger partial charge is 0.239 e. The maximum absolute atomic E-state index is 12.1. The SMILES string of the molecule is CCC[C@@H](N)C(=O)N(C)C(C)c1cccc(Cl)c1. The Morgan fingerprint density at radius 1 is 1.50 bits per heavy atom. The number of carbonyl (C=O) groups is 1. The standard InChI is InChI=1S/C14H21ClN2O/c1-4-6-13(16)14(18)17(3)10(2)11-7-5-8-12(15)9-11/h5,7-10,13H,4,6,16H2,1-3H3/t10?,13-/m1/s1. The van der Waals surface area contributed by atoms with Gasteiger partial charge in [-0.25, -0.2) is 0 Å². The fraction of sp³-hybridized carbons (Fsp3) is 0.500. The van der Waals surface area contributed by atoms with E-state index in [1.807, 2.05) is 38.1 Å². The van der Waals surface area contributed by atoms with Crippen LogP contribution in [0.15, 0.2) is 24.3 Å². The van der Waals surface area contributed by atoms with Crippen LogP contribution in [0.4, 0.5) is 0 Å². The Kier molecular flexibility index (Phi) is 5.63. The summed E-state index contributed by atoms with van der Waals surface area (Å²) in [6.45, 7) is 4.00. The van der Waals surface area contributed by atoms with Crippen LogP contribution >= 0.6 is 11.6 Å². The van der Waals surface area contributed by atoms with Gasteiger partial charge in [-0.2, -0.15) is 0 Å². The number of likely N-dealkylation sites (N-methyl/N-ethyl adjacent to an activating group) is 1. The lowest BCUT2D eigenvalue weighted by atomic mass is 10.1. The van der Waals surface area contributed by atoms with Gasteiger partial charge in [0.2, 0.25) is 5.91 Å². The highest BCUT2D eigenvalue weighted by molar-refractivity contribution is 6.30. The highest BCUT2D eigenvalue weighted by Gasteiger charge is 2.22. The zero-order valence-electron chi connectivity index (χ0n) is 11.2. The van der Waals surface area contributed by atoms with Crippen molar-refractivity contribution in [3.05, 3.63) is 34.9 Å². The Hall–Kier alpha value is -1.06. The number of benzene rings is 1. The summed E-state index contributed by atoms with van der Waals surface area (Å²) in [6, 6.07) is 7.11. The first-order chi connectivity index (χ1) is 8.47. The molecule has 1 aromatic carbocycles. The molecule has 0 aromatic heterocycles. The third kappa shape index (κ3) is 3.72. The lowest BCUT2D eigenvalue weighted by Crippen LogP contribution is -2.42. The van der Waals surface area contributed by atoms with Crippen molar-refractivity contribution in [1.29, 1.82) is 0 Å². The molecule has 0 aliphatic rings. The summed E-state index contributed by atoms with van der Waals surface area (Å²) in [5.74, 6) is -0.0238. The summed E-state index contributed by atoms with van der Waals surface area (Å²) in [5.41, 5.74) is 6.87. The van der Waals surface area contributed by atoms with Crippen LogP contribution in [0.3, 0.4) is 0 Å². The fourth-order valence-electron chi connectivity index (χ4n) is 1.88. The maximum Gasteiger partial charge on any atom is 0.239 e. The minimum absolute atomic E-state index is 0.0238. The molecular weight excluding hydrogens is 248 g/mol. The molecule has 100 valence electrons. The van der Waals surface area contributed by atoms with E-state index in [2.05, 4.69) is 0 Å². The predicted octanol–water partition coefficient (Wildman–Crippen LogP) is 2.99. The van der Waals surface area contributed by atoms with Crippen LogP contribution in [0.1, 0.15) is 38.3 Å². The molecule has 1 aromatic rings. The molecule has 18 heavy (non-hydrogen) atoms. The minimum atomic E-state index is -0.415. The second-order valence-electron chi connectivity index (χ2n) is 4.58. The first-order valence-electron chi connectivity index (χ1n) is 6.25. The van der Waals surface area contributed by atoms with E-state index in [0.29, 0.717) is 11.4 Å². The summed E-state index contributed by atoms with van der Waals surface area (Å²) in [6.07, 6.45) is 1.62. The van der Waals surface area contributed by atoms with Gasteiger partial charge < -0.3 is 10.6 Å². The molecule has 0 saturated carbocycles. The largest absolute Gasteiger partial charge is 0.338 e. The van der Waals surface area contributed by atoms with Crippen molar-refractivity contribution < 1.29 is 4.79 Å². The molecule has 0 radical (unpaired) electrons. The molecule has 0 heterocycles. The van der Waals surface area contributed by atoms with E-state index < -0.39 is 6.04 Å². The van der Waals surface area contributed by atoms with E-state index in [1.165, 1.54) is 0 Å². The van der Waals surface area contributed by atoms with Crippen molar-refractivity contribution in [3.63, 3.8) is 0 Å². The van der Waals surface area contributed by atoms with Crippen molar-refractivity contribution in [3.8, 4) is 0 Å². The summed E-state index contributed by atoms with van der Waals surface area (Å²) >= 11 is 5.96. The van der Waals surface area contributed by atoms with Crippen LogP contribution < -0.4 is 5.73 Å². The van der Waals surface area contributed by atoms with Crippen LogP contribution in [0.2, 0.25) is 5.02 Å². The van der Waals surface area contributed by atoms with Crippen LogP contribution in [0.5, 0.6) is 0 Å². The predicted molar refractivity (Wildman–Crippen MR) is 75.5 cm³/mol. The lowest BCUT2D eigenvalue weighted by molar-refractivity contribution is -0.133. The summed E-state index contributed by atoms with van der Waals surface area (Å²) < 4.78 is 0. The Morgan fingerprint density at radius 2 is 2.17 bits per heavy atom. The number of hydrogen-bond acceptors (Lipinski definition) is 2. The molecular formula is C14H21ClN2O. The van der Waals surface area contributed by atoms with Gasteiger partial charge in [-0.15, -0.1) is 0 Å². The molecule has 0 spiro atoms. The summed E-state index contributed by atoms with van der Waals surface area (Å²) in [5, 5.41) is 0.679. The molecule has 0 aliphatic carbocycles. The molecule has 3 nitrogen and oxygen atoms in total. The van der Waals surface area contributed by atoms with Crippen molar-refractivity contribution in [2.24, 2.45) is 5.73 Å². The van der Waals surface area contributed by atoms with E-state index in [9.17, 15) is 4.79 Å². The zero-order chi connectivity index (χ0) is 13.7. The minimum Gasteiger partial charge on any atom is -0.338 e.